The highest BCUT2D eigenvalue weighted by molar-refractivity contribution is 5.82. The molecule has 0 radical (unpaired) electrons. The van der Waals surface area contributed by atoms with Crippen LogP contribution in [-0.4, -0.2) is 47.5 Å². The van der Waals surface area contributed by atoms with E-state index >= 15 is 0 Å². The van der Waals surface area contributed by atoms with Crippen LogP contribution in [0.2, 0.25) is 0 Å². The smallest absolute Gasteiger partial charge is 0.310 e. The largest absolute Gasteiger partial charge is 0.321 e. The molecule has 3 saturated heterocycles. The van der Waals surface area contributed by atoms with Gasteiger partial charge in [0.15, 0.2) is 12.3 Å². The lowest BCUT2D eigenvalue weighted by atomic mass is 10.2. The highest BCUT2D eigenvalue weighted by Crippen LogP contribution is 2.15. The molecule has 3 heterocycles. The summed E-state index contributed by atoms with van der Waals surface area (Å²) in [7, 11) is 0. The number of hydrogen-bond acceptors (Lipinski definition) is 3. The number of nitrogens with one attached hydrogen (secondary N) is 4. The van der Waals surface area contributed by atoms with E-state index in [-0.39, 0.29) is 30.3 Å². The quantitative estimate of drug-likeness (QED) is 0.301. The monoisotopic (exact) mass is 241 g/mol. The molecule has 5 amide bonds. The summed E-state index contributed by atoms with van der Waals surface area (Å²) in [6.45, 7) is 1.41. The second kappa shape index (κ2) is 3.23. The predicted octanol–water partition coefficient (Wildman–Crippen LogP) is -3.66. The molecule has 9 nitrogen and oxygen atoms in total. The van der Waals surface area contributed by atoms with Gasteiger partial charge in [-0.3, -0.25) is 20.3 Å². The topological polar surface area (TPSA) is 119 Å². The van der Waals surface area contributed by atoms with Crippen LogP contribution in [0.25, 0.3) is 0 Å². The number of piperazine rings is 1. The van der Waals surface area contributed by atoms with Crippen LogP contribution >= 0.6 is 0 Å². The van der Waals surface area contributed by atoms with Crippen LogP contribution in [0.1, 0.15) is 6.92 Å². The molecule has 0 spiro atoms. The number of hydrogen-bond donors (Lipinski definition) is 5. The van der Waals surface area contributed by atoms with Crippen molar-refractivity contribution >= 4 is 18.0 Å². The van der Waals surface area contributed by atoms with Gasteiger partial charge in [0, 0.05) is 6.92 Å². The highest BCUT2D eigenvalue weighted by atomic mass is 16.2. The third-order valence-electron chi connectivity index (χ3n) is 3.21. The van der Waals surface area contributed by atoms with E-state index in [1.165, 1.54) is 11.8 Å². The number of rotatable bonds is 0. The number of urea groups is 2. The molecule has 0 aromatic rings. The van der Waals surface area contributed by atoms with Gasteiger partial charge in [-0.15, -0.1) is 0 Å². The second-order valence-electron chi connectivity index (χ2n) is 4.30. The Labute approximate surface area is 96.3 Å². The Morgan fingerprint density at radius 1 is 1.06 bits per heavy atom. The molecule has 3 aliphatic heterocycles. The molecule has 3 rings (SSSR count). The number of amides is 5. The first kappa shape index (κ1) is 10.1. The minimum absolute atomic E-state index is 0.198. The zero-order valence-corrected chi connectivity index (χ0v) is 9.06. The van der Waals surface area contributed by atoms with Crippen LogP contribution < -0.4 is 26.6 Å². The fourth-order valence-corrected chi connectivity index (χ4v) is 2.57. The first-order valence-corrected chi connectivity index (χ1v) is 5.34. The van der Waals surface area contributed by atoms with E-state index in [4.69, 9.17) is 0 Å². The summed E-state index contributed by atoms with van der Waals surface area (Å²) in [4.78, 5) is 35.7. The van der Waals surface area contributed by atoms with E-state index in [2.05, 4.69) is 21.3 Å². The summed E-state index contributed by atoms with van der Waals surface area (Å²) in [5.74, 6) is -0.198. The standard InChI is InChI=1S/C8H12N6O3/c1-2(15)14-5-3(10-7(16)12-5)9-4-6(14)13-8(17)11-4/h3-6,9H,1H3,(H2,10,12,16)(H2,11,13,17)/p+1/t3-,4-,5+,6+/m0/s1. The Hall–Kier alpha value is -2.03. The van der Waals surface area contributed by atoms with Gasteiger partial charge in [0.2, 0.25) is 18.2 Å². The second-order valence-corrected chi connectivity index (χ2v) is 4.30. The first-order chi connectivity index (χ1) is 8.06. The van der Waals surface area contributed by atoms with E-state index in [9.17, 15) is 14.4 Å². The number of quaternary nitrogens is 1. The van der Waals surface area contributed by atoms with Crippen LogP contribution in [0.3, 0.4) is 0 Å². The molecular formula is C8H13N6O3+. The van der Waals surface area contributed by atoms with Crippen LogP contribution in [0.15, 0.2) is 0 Å². The van der Waals surface area contributed by atoms with Crippen LogP contribution in [0.5, 0.6) is 0 Å². The van der Waals surface area contributed by atoms with Gasteiger partial charge in [0.25, 0.3) is 0 Å². The van der Waals surface area contributed by atoms with Crippen LogP contribution in [0.4, 0.5) is 9.59 Å². The molecule has 4 atom stereocenters. The molecule has 9 heteroatoms. The van der Waals surface area contributed by atoms with Crippen molar-refractivity contribution in [2.24, 2.45) is 0 Å². The Morgan fingerprint density at radius 3 is 1.94 bits per heavy atom. The third-order valence-corrected chi connectivity index (χ3v) is 3.21. The average Bonchev–Trinajstić information content (AvgIpc) is 2.73. The highest BCUT2D eigenvalue weighted by Gasteiger charge is 2.54. The van der Waals surface area contributed by atoms with E-state index in [0.717, 1.165) is 0 Å². The van der Waals surface area contributed by atoms with Gasteiger partial charge >= 0.3 is 12.1 Å². The maximum Gasteiger partial charge on any atom is 0.321 e. The number of nitrogens with two attached hydrogens (primary N) is 1. The maximum atomic E-state index is 11.7. The molecule has 0 aromatic carbocycles. The van der Waals surface area contributed by atoms with Crippen molar-refractivity contribution in [1.82, 2.24) is 26.2 Å². The lowest BCUT2D eigenvalue weighted by Crippen LogP contribution is -3.07. The summed E-state index contributed by atoms with van der Waals surface area (Å²) < 4.78 is 0. The van der Waals surface area contributed by atoms with E-state index < -0.39 is 12.3 Å². The van der Waals surface area contributed by atoms with Crippen molar-refractivity contribution in [3.05, 3.63) is 0 Å². The minimum atomic E-state index is -0.443. The lowest BCUT2D eigenvalue weighted by Gasteiger charge is -2.40. The minimum Gasteiger partial charge on any atom is -0.310 e. The van der Waals surface area contributed by atoms with Gasteiger partial charge < -0.3 is 16.0 Å². The SMILES string of the molecule is CC(=O)N1[C@H]2NC(=O)N[C@@H]2[NH2+][C@H]2NC(=O)N[C@@H]21. The molecule has 6 N–H and O–H groups in total. The summed E-state index contributed by atoms with van der Waals surface area (Å²) >= 11 is 0. The first-order valence-electron chi connectivity index (χ1n) is 5.34. The van der Waals surface area contributed by atoms with E-state index in [1.54, 1.807) is 0 Å². The van der Waals surface area contributed by atoms with Crippen LogP contribution in [-0.2, 0) is 4.79 Å². The molecule has 3 aliphatic rings. The van der Waals surface area contributed by atoms with Gasteiger partial charge in [-0.05, 0) is 0 Å². The summed E-state index contributed by atoms with van der Waals surface area (Å²) in [6, 6.07) is -0.623. The van der Waals surface area contributed by atoms with Crippen molar-refractivity contribution < 1.29 is 19.7 Å². The van der Waals surface area contributed by atoms with Crippen LogP contribution in [0, 0.1) is 0 Å². The van der Waals surface area contributed by atoms with E-state index in [1.807, 2.05) is 5.32 Å². The van der Waals surface area contributed by atoms with Gasteiger partial charge in [0.05, 0.1) is 0 Å². The normalized spacial score (nSPS) is 38.5. The molecule has 0 aliphatic carbocycles. The van der Waals surface area contributed by atoms with Crippen molar-refractivity contribution in [2.45, 2.75) is 31.6 Å². The van der Waals surface area contributed by atoms with E-state index in [0.29, 0.717) is 0 Å². The summed E-state index contributed by atoms with van der Waals surface area (Å²) in [5.41, 5.74) is 0. The predicted molar refractivity (Wildman–Crippen MR) is 52.9 cm³/mol. The number of carbonyl (C=O) groups is 3. The summed E-state index contributed by atoms with van der Waals surface area (Å²) in [5, 5.41) is 12.5. The average molecular weight is 241 g/mol. The van der Waals surface area contributed by atoms with Crippen molar-refractivity contribution in [3.8, 4) is 0 Å². The number of carbonyl (C=O) groups excluding carboxylic acids is 3. The van der Waals surface area contributed by atoms with Crippen molar-refractivity contribution in [3.63, 3.8) is 0 Å². The zero-order chi connectivity index (χ0) is 12.2. The molecule has 0 bridgehead atoms. The lowest BCUT2D eigenvalue weighted by molar-refractivity contribution is -0.743. The maximum absolute atomic E-state index is 11.7. The molecule has 3 fully saturated rings. The third kappa shape index (κ3) is 1.39. The molecule has 92 valence electrons. The van der Waals surface area contributed by atoms with Gasteiger partial charge in [-0.2, -0.15) is 0 Å². The molecule has 0 aromatic heterocycles. The Kier molecular flexibility index (Phi) is 1.93. The van der Waals surface area contributed by atoms with Gasteiger partial charge in [-0.1, -0.05) is 0 Å². The van der Waals surface area contributed by atoms with Gasteiger partial charge in [-0.25, -0.2) is 9.59 Å². The molecule has 17 heavy (non-hydrogen) atoms. The van der Waals surface area contributed by atoms with Gasteiger partial charge in [0.1, 0.15) is 0 Å². The molecule has 0 unspecified atom stereocenters. The van der Waals surface area contributed by atoms with Crippen molar-refractivity contribution in [2.75, 3.05) is 0 Å². The van der Waals surface area contributed by atoms with Crippen molar-refractivity contribution in [1.29, 1.82) is 0 Å². The summed E-state index contributed by atoms with van der Waals surface area (Å²) in [6.07, 6.45) is -1.46. The molecular weight excluding hydrogens is 228 g/mol. The fourth-order valence-electron chi connectivity index (χ4n) is 2.57. The Morgan fingerprint density at radius 2 is 1.53 bits per heavy atom. The fraction of sp³-hybridized carbons (Fsp3) is 0.625. The number of nitrogens with zero attached hydrogens (tertiary/aromatic N) is 1. The Balaban J connectivity index is 1.92. The Bertz CT molecular complexity index is 382. The molecule has 0 saturated carbocycles. The zero-order valence-electron chi connectivity index (χ0n) is 9.06. The number of fused-ring (bicyclic) bond motifs is 2.